The molecule has 1 aromatic heterocycles. The number of carbonyl (C=O) groups is 2. The Morgan fingerprint density at radius 2 is 2.03 bits per heavy atom. The average molecular weight is 416 g/mol. The maximum absolute atomic E-state index is 13.2. The number of rotatable bonds is 3. The van der Waals surface area contributed by atoms with Crippen molar-refractivity contribution in [3.8, 4) is 5.75 Å². The summed E-state index contributed by atoms with van der Waals surface area (Å²) in [5.41, 5.74) is 2.74. The van der Waals surface area contributed by atoms with E-state index in [4.69, 9.17) is 4.74 Å². The largest absolute Gasteiger partial charge is 0.491 e. The van der Waals surface area contributed by atoms with Crippen molar-refractivity contribution >= 4 is 23.2 Å². The van der Waals surface area contributed by atoms with E-state index >= 15 is 0 Å². The molecule has 0 aliphatic carbocycles. The zero-order valence-electron chi connectivity index (χ0n) is 17.3. The third-order valence-corrected chi connectivity index (χ3v) is 5.72. The fourth-order valence-electron chi connectivity index (χ4n) is 3.64. The van der Waals surface area contributed by atoms with Gasteiger partial charge in [-0.3, -0.25) is 9.59 Å². The van der Waals surface area contributed by atoms with Gasteiger partial charge < -0.3 is 14.5 Å². The Hall–Kier alpha value is -2.41. The molecule has 0 bridgehead atoms. The average Bonchev–Trinajstić information content (AvgIpc) is 3.24. The summed E-state index contributed by atoms with van der Waals surface area (Å²) in [7, 11) is 1.81. The summed E-state index contributed by atoms with van der Waals surface area (Å²) in [5.74, 6) is 0.900. The monoisotopic (exact) mass is 415 g/mol. The van der Waals surface area contributed by atoms with Gasteiger partial charge in [0.25, 0.3) is 11.8 Å². The van der Waals surface area contributed by atoms with E-state index in [1.807, 2.05) is 30.1 Å². The van der Waals surface area contributed by atoms with Gasteiger partial charge in [0.05, 0.1) is 17.1 Å². The first kappa shape index (κ1) is 21.3. The Bertz CT molecular complexity index is 822. The molecule has 0 radical (unpaired) electrons. The lowest BCUT2D eigenvalue weighted by atomic mass is 10.0. The lowest BCUT2D eigenvalue weighted by molar-refractivity contribution is 0.0554. The van der Waals surface area contributed by atoms with E-state index in [1.54, 1.807) is 21.9 Å². The molecule has 3 rings (SSSR count). The number of amides is 2. The summed E-state index contributed by atoms with van der Waals surface area (Å²) < 4.78 is 6.13. The topological polar surface area (TPSA) is 62.7 Å². The number of carbonyl (C=O) groups excluding carboxylic acids is 2. The van der Waals surface area contributed by atoms with Crippen LogP contribution in [0.2, 0.25) is 0 Å². The van der Waals surface area contributed by atoms with Gasteiger partial charge in [0.1, 0.15) is 18.1 Å². The minimum Gasteiger partial charge on any atom is -0.491 e. The molecule has 0 unspecified atom stereocenters. The molecule has 2 heterocycles. The number of thiazole rings is 1. The van der Waals surface area contributed by atoms with Gasteiger partial charge in [-0.1, -0.05) is 26.0 Å². The van der Waals surface area contributed by atoms with Crippen LogP contribution in [0.15, 0.2) is 35.2 Å². The Balaban J connectivity index is 1.91. The Morgan fingerprint density at radius 1 is 1.28 bits per heavy atom. The number of ether oxygens (including phenoxy) is 1. The molecule has 2 aromatic rings. The van der Waals surface area contributed by atoms with Crippen LogP contribution in [0.1, 0.15) is 54.0 Å². The molecule has 0 saturated heterocycles. The van der Waals surface area contributed by atoms with E-state index in [1.165, 1.54) is 11.3 Å². The maximum Gasteiger partial charge on any atom is 0.273 e. The van der Waals surface area contributed by atoms with Crippen molar-refractivity contribution < 1.29 is 14.3 Å². The van der Waals surface area contributed by atoms with Gasteiger partial charge in [0, 0.05) is 25.5 Å². The molecule has 0 N–H and O–H groups in total. The van der Waals surface area contributed by atoms with E-state index in [0.717, 1.165) is 19.3 Å². The normalized spacial score (nSPS) is 18.6. The third kappa shape index (κ3) is 5.35. The summed E-state index contributed by atoms with van der Waals surface area (Å²) >= 11 is 1.43. The molecule has 1 aromatic carbocycles. The van der Waals surface area contributed by atoms with E-state index in [2.05, 4.69) is 18.8 Å². The molecule has 1 aliphatic rings. The molecular formula is C22H29N3O3S. The quantitative estimate of drug-likeness (QED) is 0.762. The van der Waals surface area contributed by atoms with Gasteiger partial charge in [0.15, 0.2) is 0 Å². The predicted octanol–water partition coefficient (Wildman–Crippen LogP) is 3.94. The second kappa shape index (κ2) is 9.87. The van der Waals surface area contributed by atoms with Gasteiger partial charge in [-0.2, -0.15) is 0 Å². The number of nitrogens with zero attached hydrogens (tertiary/aromatic N) is 3. The van der Waals surface area contributed by atoms with Crippen molar-refractivity contribution in [2.24, 2.45) is 5.92 Å². The van der Waals surface area contributed by atoms with Gasteiger partial charge in [-0.25, -0.2) is 4.98 Å². The number of benzene rings is 1. The van der Waals surface area contributed by atoms with E-state index in [-0.39, 0.29) is 17.9 Å². The minimum absolute atomic E-state index is 0.0306. The Labute approximate surface area is 176 Å². The molecule has 1 aliphatic heterocycles. The van der Waals surface area contributed by atoms with Crippen LogP contribution in [0, 0.1) is 5.92 Å². The molecule has 1 atom stereocenters. The summed E-state index contributed by atoms with van der Waals surface area (Å²) in [6, 6.07) is 7.27. The zero-order valence-corrected chi connectivity index (χ0v) is 18.2. The first-order chi connectivity index (χ1) is 14.0. The van der Waals surface area contributed by atoms with Crippen molar-refractivity contribution in [1.29, 1.82) is 0 Å². The number of fused-ring (bicyclic) bond motifs is 1. The second-order valence-corrected chi connectivity index (χ2v) is 8.62. The number of hydrogen-bond acceptors (Lipinski definition) is 5. The highest BCUT2D eigenvalue weighted by Gasteiger charge is 2.28. The lowest BCUT2D eigenvalue weighted by Crippen LogP contribution is -2.45. The van der Waals surface area contributed by atoms with Gasteiger partial charge in [-0.05, 0) is 37.3 Å². The molecular weight excluding hydrogens is 386 g/mol. The summed E-state index contributed by atoms with van der Waals surface area (Å²) in [6.07, 6.45) is 2.48. The molecule has 0 saturated carbocycles. The molecule has 7 heteroatoms. The smallest absolute Gasteiger partial charge is 0.273 e. The predicted molar refractivity (Wildman–Crippen MR) is 115 cm³/mol. The van der Waals surface area contributed by atoms with Gasteiger partial charge >= 0.3 is 0 Å². The molecule has 2 amide bonds. The van der Waals surface area contributed by atoms with Crippen molar-refractivity contribution in [2.45, 2.75) is 39.2 Å². The molecule has 0 spiro atoms. The van der Waals surface area contributed by atoms with Crippen molar-refractivity contribution in [3.05, 3.63) is 46.4 Å². The zero-order chi connectivity index (χ0) is 20.8. The summed E-state index contributed by atoms with van der Waals surface area (Å²) in [6.45, 7) is 5.91. The fourth-order valence-corrected chi connectivity index (χ4v) is 4.16. The van der Waals surface area contributed by atoms with Crippen LogP contribution in [-0.2, 0) is 0 Å². The lowest BCUT2D eigenvalue weighted by Gasteiger charge is -2.33. The van der Waals surface area contributed by atoms with Gasteiger partial charge in [0.2, 0.25) is 0 Å². The summed E-state index contributed by atoms with van der Waals surface area (Å²) in [4.78, 5) is 33.9. The van der Waals surface area contributed by atoms with Crippen molar-refractivity contribution in [1.82, 2.24) is 14.8 Å². The van der Waals surface area contributed by atoms with Crippen molar-refractivity contribution in [3.63, 3.8) is 0 Å². The fraction of sp³-hybridized carbons (Fsp3) is 0.500. The van der Waals surface area contributed by atoms with Crippen LogP contribution in [-0.4, -0.2) is 59.4 Å². The molecule has 29 heavy (non-hydrogen) atoms. The SMILES string of the molecule is CC(C)C[C@H]1COc2ccccc2C(=O)N(C)CCCCN1C(=O)c1cscn1. The minimum atomic E-state index is -0.0792. The third-order valence-electron chi connectivity index (χ3n) is 5.13. The summed E-state index contributed by atoms with van der Waals surface area (Å²) in [5, 5.41) is 1.80. The first-order valence-electron chi connectivity index (χ1n) is 10.1. The van der Waals surface area contributed by atoms with Crippen LogP contribution < -0.4 is 4.74 Å². The van der Waals surface area contributed by atoms with Crippen LogP contribution in [0.4, 0.5) is 0 Å². The number of para-hydroxylation sites is 1. The Morgan fingerprint density at radius 3 is 2.76 bits per heavy atom. The van der Waals surface area contributed by atoms with E-state index in [0.29, 0.717) is 42.6 Å². The second-order valence-electron chi connectivity index (χ2n) is 7.90. The standard InChI is InChI=1S/C22H29N3O3S/c1-16(2)12-17-13-28-20-9-5-4-8-18(20)21(26)24(3)10-6-7-11-25(17)22(27)19-14-29-15-23-19/h4-5,8-9,14-17H,6-7,10-13H2,1-3H3/t17-/m0/s1. The maximum atomic E-state index is 13.2. The van der Waals surface area contributed by atoms with Crippen LogP contribution >= 0.6 is 11.3 Å². The molecule has 0 fully saturated rings. The first-order valence-corrected chi connectivity index (χ1v) is 11.1. The van der Waals surface area contributed by atoms with Crippen LogP contribution in [0.5, 0.6) is 5.75 Å². The molecule has 156 valence electrons. The van der Waals surface area contributed by atoms with Crippen LogP contribution in [0.3, 0.4) is 0 Å². The van der Waals surface area contributed by atoms with Crippen molar-refractivity contribution in [2.75, 3.05) is 26.7 Å². The number of hydrogen-bond donors (Lipinski definition) is 0. The van der Waals surface area contributed by atoms with Crippen LogP contribution in [0.25, 0.3) is 0 Å². The van der Waals surface area contributed by atoms with E-state index in [9.17, 15) is 9.59 Å². The van der Waals surface area contributed by atoms with Gasteiger partial charge in [-0.15, -0.1) is 11.3 Å². The Kier molecular flexibility index (Phi) is 7.25. The van der Waals surface area contributed by atoms with E-state index < -0.39 is 0 Å². The highest BCUT2D eigenvalue weighted by atomic mass is 32.1. The number of aromatic nitrogens is 1. The molecule has 6 nitrogen and oxygen atoms in total. The highest BCUT2D eigenvalue weighted by molar-refractivity contribution is 7.07. The highest BCUT2D eigenvalue weighted by Crippen LogP contribution is 2.23.